The van der Waals surface area contributed by atoms with E-state index in [9.17, 15) is 5.11 Å². The SMILES string of the molecule is Cc1ccc2oc(C(O)c3cc4ccccc4o3)cc2c1. The van der Waals surface area contributed by atoms with Crippen LogP contribution < -0.4 is 0 Å². The van der Waals surface area contributed by atoms with Crippen molar-refractivity contribution in [3.8, 4) is 0 Å². The number of aliphatic hydroxyl groups excluding tert-OH is 1. The lowest BCUT2D eigenvalue weighted by Crippen LogP contribution is -1.95. The average molecular weight is 278 g/mol. The second-order valence-corrected chi connectivity index (χ2v) is 5.28. The number of furan rings is 2. The minimum Gasteiger partial charge on any atom is -0.458 e. The maximum absolute atomic E-state index is 10.5. The molecule has 1 unspecified atom stereocenters. The van der Waals surface area contributed by atoms with Crippen LogP contribution in [0.4, 0.5) is 0 Å². The highest BCUT2D eigenvalue weighted by atomic mass is 16.4. The molecule has 0 fully saturated rings. The molecule has 21 heavy (non-hydrogen) atoms. The summed E-state index contributed by atoms with van der Waals surface area (Å²) in [6.07, 6.45) is -0.898. The van der Waals surface area contributed by atoms with Gasteiger partial charge in [0.2, 0.25) is 0 Å². The second kappa shape index (κ2) is 4.50. The first-order valence-corrected chi connectivity index (χ1v) is 6.87. The summed E-state index contributed by atoms with van der Waals surface area (Å²) in [5, 5.41) is 12.4. The lowest BCUT2D eigenvalue weighted by atomic mass is 10.1. The van der Waals surface area contributed by atoms with Crippen LogP contribution in [0, 0.1) is 6.92 Å². The van der Waals surface area contributed by atoms with Crippen molar-refractivity contribution < 1.29 is 13.9 Å². The standard InChI is InChI=1S/C18H14O3/c1-11-6-7-15-13(8-11)10-17(21-15)18(19)16-9-12-4-2-3-5-14(12)20-16/h2-10,18-19H,1H3. The molecule has 3 nitrogen and oxygen atoms in total. The molecule has 104 valence electrons. The van der Waals surface area contributed by atoms with Crippen LogP contribution in [0.25, 0.3) is 21.9 Å². The summed E-state index contributed by atoms with van der Waals surface area (Å²) in [5.41, 5.74) is 2.69. The van der Waals surface area contributed by atoms with E-state index in [2.05, 4.69) is 0 Å². The van der Waals surface area contributed by atoms with Crippen molar-refractivity contribution in [1.29, 1.82) is 0 Å². The molecule has 0 aliphatic heterocycles. The topological polar surface area (TPSA) is 46.5 Å². The van der Waals surface area contributed by atoms with Crippen molar-refractivity contribution in [2.24, 2.45) is 0 Å². The summed E-state index contributed by atoms with van der Waals surface area (Å²) >= 11 is 0. The van der Waals surface area contributed by atoms with Crippen molar-refractivity contribution in [3.05, 3.63) is 71.7 Å². The van der Waals surface area contributed by atoms with E-state index in [0.29, 0.717) is 11.5 Å². The molecule has 0 bridgehead atoms. The lowest BCUT2D eigenvalue weighted by Gasteiger charge is -2.02. The first-order chi connectivity index (χ1) is 10.2. The fraction of sp³-hybridized carbons (Fsp3) is 0.111. The Bertz CT molecular complexity index is 897. The van der Waals surface area contributed by atoms with Crippen LogP contribution in [0.3, 0.4) is 0 Å². The number of para-hydroxylation sites is 1. The summed E-state index contributed by atoms with van der Waals surface area (Å²) in [7, 11) is 0. The predicted octanol–water partition coefficient (Wildman–Crippen LogP) is 4.57. The van der Waals surface area contributed by atoms with Gasteiger partial charge in [-0.05, 0) is 37.3 Å². The Labute approximate surface area is 121 Å². The Kier molecular flexibility index (Phi) is 2.62. The molecule has 2 heterocycles. The fourth-order valence-corrected chi connectivity index (χ4v) is 2.60. The van der Waals surface area contributed by atoms with Crippen LogP contribution >= 0.6 is 0 Å². The summed E-state index contributed by atoms with van der Waals surface area (Å²) in [5.74, 6) is 0.988. The Balaban J connectivity index is 1.79. The molecule has 0 saturated carbocycles. The number of rotatable bonds is 2. The van der Waals surface area contributed by atoms with Gasteiger partial charge in [-0.3, -0.25) is 0 Å². The van der Waals surface area contributed by atoms with Crippen LogP contribution in [0.1, 0.15) is 23.2 Å². The Morgan fingerprint density at radius 2 is 1.48 bits per heavy atom. The third-order valence-corrected chi connectivity index (χ3v) is 3.67. The second-order valence-electron chi connectivity index (χ2n) is 5.28. The molecule has 0 radical (unpaired) electrons. The quantitative estimate of drug-likeness (QED) is 0.584. The fourth-order valence-electron chi connectivity index (χ4n) is 2.60. The molecule has 0 amide bonds. The van der Waals surface area contributed by atoms with Crippen molar-refractivity contribution in [2.75, 3.05) is 0 Å². The minimum absolute atomic E-state index is 0.493. The summed E-state index contributed by atoms with van der Waals surface area (Å²) in [6.45, 7) is 2.03. The molecular weight excluding hydrogens is 264 g/mol. The third-order valence-electron chi connectivity index (χ3n) is 3.67. The van der Waals surface area contributed by atoms with Gasteiger partial charge in [0.05, 0.1) is 0 Å². The highest BCUT2D eigenvalue weighted by Crippen LogP contribution is 2.31. The van der Waals surface area contributed by atoms with E-state index in [0.717, 1.165) is 27.5 Å². The van der Waals surface area contributed by atoms with Gasteiger partial charge in [-0.25, -0.2) is 0 Å². The average Bonchev–Trinajstić information content (AvgIpc) is 3.09. The molecule has 1 atom stereocenters. The van der Waals surface area contributed by atoms with Gasteiger partial charge in [-0.2, -0.15) is 0 Å². The zero-order chi connectivity index (χ0) is 14.4. The molecule has 4 aromatic rings. The van der Waals surface area contributed by atoms with Gasteiger partial charge in [0.1, 0.15) is 22.7 Å². The van der Waals surface area contributed by atoms with E-state index in [1.54, 1.807) is 0 Å². The van der Waals surface area contributed by atoms with Gasteiger partial charge in [0.25, 0.3) is 0 Å². The van der Waals surface area contributed by atoms with E-state index in [-0.39, 0.29) is 0 Å². The molecule has 0 spiro atoms. The number of hydrogen-bond acceptors (Lipinski definition) is 3. The number of aryl methyl sites for hydroxylation is 1. The Hall–Kier alpha value is -2.52. The van der Waals surface area contributed by atoms with E-state index < -0.39 is 6.10 Å². The van der Waals surface area contributed by atoms with Crippen molar-refractivity contribution >= 4 is 21.9 Å². The normalized spacial score (nSPS) is 13.0. The third kappa shape index (κ3) is 2.03. The maximum atomic E-state index is 10.5. The van der Waals surface area contributed by atoms with Gasteiger partial charge < -0.3 is 13.9 Å². The first-order valence-electron chi connectivity index (χ1n) is 6.87. The molecule has 4 rings (SSSR count). The van der Waals surface area contributed by atoms with Gasteiger partial charge in [-0.15, -0.1) is 0 Å². The van der Waals surface area contributed by atoms with Crippen LogP contribution in [0.2, 0.25) is 0 Å². The first kappa shape index (κ1) is 12.2. The molecule has 0 aliphatic carbocycles. The van der Waals surface area contributed by atoms with Crippen molar-refractivity contribution in [2.45, 2.75) is 13.0 Å². The summed E-state index contributed by atoms with van der Waals surface area (Å²) in [6, 6.07) is 17.3. The predicted molar refractivity (Wildman–Crippen MR) is 81.2 cm³/mol. The lowest BCUT2D eigenvalue weighted by molar-refractivity contribution is 0.167. The largest absolute Gasteiger partial charge is 0.458 e. The molecule has 0 aliphatic rings. The molecule has 1 N–H and O–H groups in total. The molecule has 3 heteroatoms. The van der Waals surface area contributed by atoms with Crippen LogP contribution in [-0.4, -0.2) is 5.11 Å². The minimum atomic E-state index is -0.898. The highest BCUT2D eigenvalue weighted by Gasteiger charge is 2.19. The van der Waals surface area contributed by atoms with E-state index >= 15 is 0 Å². The van der Waals surface area contributed by atoms with Crippen LogP contribution in [-0.2, 0) is 0 Å². The van der Waals surface area contributed by atoms with Crippen molar-refractivity contribution in [3.63, 3.8) is 0 Å². The number of fused-ring (bicyclic) bond motifs is 2. The highest BCUT2D eigenvalue weighted by molar-refractivity contribution is 5.80. The van der Waals surface area contributed by atoms with Gasteiger partial charge >= 0.3 is 0 Å². The monoisotopic (exact) mass is 278 g/mol. The van der Waals surface area contributed by atoms with E-state index in [1.807, 2.05) is 61.5 Å². The number of hydrogen-bond donors (Lipinski definition) is 1. The van der Waals surface area contributed by atoms with Gasteiger partial charge in [0.15, 0.2) is 6.10 Å². The van der Waals surface area contributed by atoms with E-state index in [4.69, 9.17) is 8.83 Å². The Morgan fingerprint density at radius 1 is 0.810 bits per heavy atom. The summed E-state index contributed by atoms with van der Waals surface area (Å²) < 4.78 is 11.4. The zero-order valence-electron chi connectivity index (χ0n) is 11.5. The smallest absolute Gasteiger partial charge is 0.169 e. The maximum Gasteiger partial charge on any atom is 0.169 e. The number of benzene rings is 2. The zero-order valence-corrected chi connectivity index (χ0v) is 11.5. The van der Waals surface area contributed by atoms with Crippen LogP contribution in [0.5, 0.6) is 0 Å². The van der Waals surface area contributed by atoms with Gasteiger partial charge in [0, 0.05) is 10.8 Å². The summed E-state index contributed by atoms with van der Waals surface area (Å²) in [4.78, 5) is 0. The van der Waals surface area contributed by atoms with Gasteiger partial charge in [-0.1, -0.05) is 29.8 Å². The molecule has 2 aromatic heterocycles. The number of aliphatic hydroxyl groups is 1. The molecule has 2 aromatic carbocycles. The van der Waals surface area contributed by atoms with Crippen LogP contribution in [0.15, 0.2) is 63.4 Å². The van der Waals surface area contributed by atoms with Crippen molar-refractivity contribution in [1.82, 2.24) is 0 Å². The molecule has 0 saturated heterocycles. The molecular formula is C18H14O3. The Morgan fingerprint density at radius 3 is 2.24 bits per heavy atom. The van der Waals surface area contributed by atoms with E-state index in [1.165, 1.54) is 0 Å².